The number of anilines is 1. The van der Waals surface area contributed by atoms with Gasteiger partial charge >= 0.3 is 0 Å². The van der Waals surface area contributed by atoms with Gasteiger partial charge in [0.2, 0.25) is 0 Å². The van der Waals surface area contributed by atoms with E-state index < -0.39 is 6.10 Å². The van der Waals surface area contributed by atoms with Crippen LogP contribution in [0.4, 0.5) is 5.82 Å². The van der Waals surface area contributed by atoms with Crippen LogP contribution in [0.5, 0.6) is 0 Å². The summed E-state index contributed by atoms with van der Waals surface area (Å²) in [7, 11) is 0. The van der Waals surface area contributed by atoms with Gasteiger partial charge in [-0.2, -0.15) is 0 Å². The monoisotopic (exact) mass is 375 g/mol. The number of piperazine rings is 1. The highest BCUT2D eigenvalue weighted by Crippen LogP contribution is 2.35. The summed E-state index contributed by atoms with van der Waals surface area (Å²) in [5.74, 6) is 3.07. The third-order valence-electron chi connectivity index (χ3n) is 6.28. The maximum Gasteiger partial charge on any atom is 0.128 e. The van der Waals surface area contributed by atoms with Gasteiger partial charge in [-0.25, -0.2) is 4.98 Å². The topological polar surface area (TPSA) is 48.8 Å². The second-order valence-electron chi connectivity index (χ2n) is 8.83. The predicted molar refractivity (Wildman–Crippen MR) is 110 cm³/mol. The molecule has 1 aliphatic carbocycles. The lowest BCUT2D eigenvalue weighted by Crippen LogP contribution is -2.49. The number of β-amino-alcohol motifs (C(OH)–C–C–N with tert-alkyl or cyclic N) is 1. The zero-order valence-electron chi connectivity index (χ0n) is 17.3. The van der Waals surface area contributed by atoms with Gasteiger partial charge in [-0.15, -0.1) is 0 Å². The van der Waals surface area contributed by atoms with Crippen LogP contribution in [-0.2, 0) is 4.74 Å². The van der Waals surface area contributed by atoms with Gasteiger partial charge in [0, 0.05) is 38.9 Å². The number of hydrogen-bond donors (Lipinski definition) is 1. The lowest BCUT2D eigenvalue weighted by molar-refractivity contribution is -0.0740. The average Bonchev–Trinajstić information content (AvgIpc) is 2.67. The molecule has 2 heterocycles. The molecule has 1 N–H and O–H groups in total. The van der Waals surface area contributed by atoms with Crippen molar-refractivity contribution >= 4 is 5.82 Å². The Morgan fingerprint density at radius 1 is 1.19 bits per heavy atom. The van der Waals surface area contributed by atoms with Crippen LogP contribution in [0.25, 0.3) is 0 Å². The van der Waals surface area contributed by atoms with Crippen LogP contribution in [0.3, 0.4) is 0 Å². The fourth-order valence-corrected chi connectivity index (χ4v) is 4.59. The SMILES string of the molecule is CC(C)[C@@H]1CC[C@H](C)C[C@@H]1OC[C@@H](O)CN1CCN(c2ccccn2)CC1. The Hall–Kier alpha value is -1.17. The van der Waals surface area contributed by atoms with Crippen molar-refractivity contribution in [2.45, 2.75) is 52.2 Å². The zero-order valence-corrected chi connectivity index (χ0v) is 17.3. The second-order valence-corrected chi connectivity index (χ2v) is 8.83. The number of pyridine rings is 1. The minimum atomic E-state index is -0.406. The fraction of sp³-hybridized carbons (Fsp3) is 0.773. The van der Waals surface area contributed by atoms with Crippen molar-refractivity contribution < 1.29 is 9.84 Å². The molecule has 2 aliphatic rings. The molecule has 1 aromatic heterocycles. The first kappa shape index (κ1) is 20.6. The summed E-state index contributed by atoms with van der Waals surface area (Å²) < 4.78 is 6.22. The van der Waals surface area contributed by atoms with E-state index in [1.807, 2.05) is 18.3 Å². The first-order valence-electron chi connectivity index (χ1n) is 10.7. The summed E-state index contributed by atoms with van der Waals surface area (Å²) in [4.78, 5) is 9.09. The van der Waals surface area contributed by atoms with Crippen LogP contribution in [0, 0.1) is 17.8 Å². The van der Waals surface area contributed by atoms with E-state index in [9.17, 15) is 5.11 Å². The largest absolute Gasteiger partial charge is 0.389 e. The van der Waals surface area contributed by atoms with Gasteiger partial charge in [0.05, 0.1) is 18.8 Å². The molecule has 1 saturated carbocycles. The molecule has 27 heavy (non-hydrogen) atoms. The van der Waals surface area contributed by atoms with Gasteiger partial charge in [0.15, 0.2) is 0 Å². The molecule has 3 rings (SSSR count). The number of ether oxygens (including phenoxy) is 1. The number of aliphatic hydroxyl groups is 1. The Morgan fingerprint density at radius 2 is 1.96 bits per heavy atom. The fourth-order valence-electron chi connectivity index (χ4n) is 4.59. The molecule has 0 radical (unpaired) electrons. The minimum absolute atomic E-state index is 0.310. The second kappa shape index (κ2) is 9.85. The van der Waals surface area contributed by atoms with Crippen molar-refractivity contribution in [1.82, 2.24) is 9.88 Å². The van der Waals surface area contributed by atoms with Gasteiger partial charge in [-0.1, -0.05) is 33.3 Å². The van der Waals surface area contributed by atoms with E-state index in [0.717, 1.165) is 44.3 Å². The van der Waals surface area contributed by atoms with E-state index in [1.54, 1.807) is 0 Å². The summed E-state index contributed by atoms with van der Waals surface area (Å²) >= 11 is 0. The van der Waals surface area contributed by atoms with E-state index in [4.69, 9.17) is 4.74 Å². The predicted octanol–water partition coefficient (Wildman–Crippen LogP) is 3.04. The Labute approximate surface area is 164 Å². The first-order chi connectivity index (χ1) is 13.0. The molecule has 0 amide bonds. The highest BCUT2D eigenvalue weighted by molar-refractivity contribution is 5.38. The third-order valence-corrected chi connectivity index (χ3v) is 6.28. The van der Waals surface area contributed by atoms with Gasteiger partial charge in [-0.3, -0.25) is 4.90 Å². The lowest BCUT2D eigenvalue weighted by Gasteiger charge is -2.38. The summed E-state index contributed by atoms with van der Waals surface area (Å²) in [5, 5.41) is 10.5. The molecule has 1 aromatic rings. The Balaban J connectivity index is 1.40. The van der Waals surface area contributed by atoms with Crippen LogP contribution in [0.2, 0.25) is 0 Å². The first-order valence-corrected chi connectivity index (χ1v) is 10.7. The van der Waals surface area contributed by atoms with E-state index in [-0.39, 0.29) is 0 Å². The van der Waals surface area contributed by atoms with Crippen molar-refractivity contribution in [3.63, 3.8) is 0 Å². The molecule has 0 bridgehead atoms. The molecule has 1 aliphatic heterocycles. The highest BCUT2D eigenvalue weighted by Gasteiger charge is 2.32. The Kier molecular flexibility index (Phi) is 7.50. The highest BCUT2D eigenvalue weighted by atomic mass is 16.5. The molecule has 0 spiro atoms. The number of nitrogens with zero attached hydrogens (tertiary/aromatic N) is 3. The standard InChI is InChI=1S/C22H37N3O2/c1-17(2)20-8-7-18(3)14-21(20)27-16-19(26)15-24-10-12-25(13-11-24)22-6-4-5-9-23-22/h4-6,9,17-21,26H,7-8,10-16H2,1-3H3/t18-,19-,20-,21-/m0/s1. The average molecular weight is 376 g/mol. The van der Waals surface area contributed by atoms with Crippen molar-refractivity contribution in [3.05, 3.63) is 24.4 Å². The van der Waals surface area contributed by atoms with Crippen LogP contribution < -0.4 is 4.90 Å². The lowest BCUT2D eigenvalue weighted by atomic mass is 9.75. The van der Waals surface area contributed by atoms with Crippen LogP contribution in [-0.4, -0.2) is 66.5 Å². The Morgan fingerprint density at radius 3 is 2.63 bits per heavy atom. The van der Waals surface area contributed by atoms with Gasteiger partial charge in [-0.05, 0) is 42.7 Å². The molecule has 152 valence electrons. The summed E-state index contributed by atoms with van der Waals surface area (Å²) in [6.07, 6.45) is 5.46. The van der Waals surface area contributed by atoms with Gasteiger partial charge in [0.25, 0.3) is 0 Å². The van der Waals surface area contributed by atoms with Crippen molar-refractivity contribution in [2.24, 2.45) is 17.8 Å². The maximum atomic E-state index is 10.5. The van der Waals surface area contributed by atoms with E-state index in [2.05, 4.69) is 41.6 Å². The summed E-state index contributed by atoms with van der Waals surface area (Å²) in [6, 6.07) is 6.05. The molecule has 1 saturated heterocycles. The number of rotatable bonds is 7. The quantitative estimate of drug-likeness (QED) is 0.794. The van der Waals surface area contributed by atoms with E-state index in [0.29, 0.717) is 31.1 Å². The summed E-state index contributed by atoms with van der Waals surface area (Å²) in [5.41, 5.74) is 0. The molecular formula is C22H37N3O2. The normalized spacial score (nSPS) is 28.5. The molecular weight excluding hydrogens is 338 g/mol. The van der Waals surface area contributed by atoms with Crippen molar-refractivity contribution in [1.29, 1.82) is 0 Å². The third kappa shape index (κ3) is 5.90. The minimum Gasteiger partial charge on any atom is -0.389 e. The van der Waals surface area contributed by atoms with Crippen LogP contribution in [0.15, 0.2) is 24.4 Å². The molecule has 0 aromatic carbocycles. The molecule has 4 atom stereocenters. The van der Waals surface area contributed by atoms with E-state index in [1.165, 1.54) is 12.8 Å². The van der Waals surface area contributed by atoms with Crippen molar-refractivity contribution in [3.8, 4) is 0 Å². The number of hydrogen-bond acceptors (Lipinski definition) is 5. The van der Waals surface area contributed by atoms with Crippen molar-refractivity contribution in [2.75, 3.05) is 44.2 Å². The molecule has 2 fully saturated rings. The Bertz CT molecular complexity index is 546. The van der Waals surface area contributed by atoms with Gasteiger partial charge < -0.3 is 14.7 Å². The zero-order chi connectivity index (χ0) is 19.2. The summed E-state index contributed by atoms with van der Waals surface area (Å²) in [6.45, 7) is 11.9. The molecule has 0 unspecified atom stereocenters. The maximum absolute atomic E-state index is 10.5. The smallest absolute Gasteiger partial charge is 0.128 e. The van der Waals surface area contributed by atoms with Crippen LogP contribution in [0.1, 0.15) is 40.0 Å². The van der Waals surface area contributed by atoms with E-state index >= 15 is 0 Å². The van der Waals surface area contributed by atoms with Crippen LogP contribution >= 0.6 is 0 Å². The molecule has 5 heteroatoms. The number of aliphatic hydroxyl groups excluding tert-OH is 1. The molecule has 5 nitrogen and oxygen atoms in total. The van der Waals surface area contributed by atoms with Gasteiger partial charge in [0.1, 0.15) is 5.82 Å². The number of aromatic nitrogens is 1.